The van der Waals surface area contributed by atoms with Gasteiger partial charge in [0.1, 0.15) is 5.82 Å². The Balaban J connectivity index is 1.62. The molecule has 2 aromatic carbocycles. The van der Waals surface area contributed by atoms with Gasteiger partial charge in [-0.1, -0.05) is 6.07 Å². The van der Waals surface area contributed by atoms with Crippen LogP contribution < -0.4 is 15.4 Å². The molecule has 4 rings (SSSR count). The normalized spacial score (nSPS) is 11.6. The highest BCUT2D eigenvalue weighted by Gasteiger charge is 2.13. The maximum absolute atomic E-state index is 11.8. The van der Waals surface area contributed by atoms with Crippen LogP contribution in [0.4, 0.5) is 23.1 Å². The van der Waals surface area contributed by atoms with Gasteiger partial charge in [-0.25, -0.2) is 18.5 Å². The van der Waals surface area contributed by atoms with Gasteiger partial charge in [-0.3, -0.25) is 4.68 Å². The number of nitrogens with two attached hydrogens (primary N) is 1. The van der Waals surface area contributed by atoms with E-state index in [1.54, 1.807) is 36.0 Å². The summed E-state index contributed by atoms with van der Waals surface area (Å²) in [5.41, 5.74) is 2.92. The van der Waals surface area contributed by atoms with Crippen molar-refractivity contribution in [3.8, 4) is 0 Å². The molecule has 0 atom stereocenters. The van der Waals surface area contributed by atoms with Crippen LogP contribution in [0.5, 0.6) is 0 Å². The van der Waals surface area contributed by atoms with E-state index in [0.29, 0.717) is 23.0 Å². The van der Waals surface area contributed by atoms with Gasteiger partial charge in [-0.05, 0) is 48.9 Å². The lowest BCUT2D eigenvalue weighted by Gasteiger charge is -2.19. The molecule has 0 saturated heterocycles. The Morgan fingerprint density at radius 2 is 1.93 bits per heavy atom. The van der Waals surface area contributed by atoms with Gasteiger partial charge < -0.3 is 10.2 Å². The molecule has 2 aromatic heterocycles. The molecule has 0 spiro atoms. The van der Waals surface area contributed by atoms with Crippen LogP contribution in [0, 0.1) is 6.92 Å². The Kier molecular flexibility index (Phi) is 4.88. The van der Waals surface area contributed by atoms with Crippen LogP contribution in [0.25, 0.3) is 10.9 Å². The van der Waals surface area contributed by atoms with E-state index in [1.807, 2.05) is 43.4 Å². The summed E-state index contributed by atoms with van der Waals surface area (Å²) in [6, 6.07) is 12.7. The number of aryl methyl sites for hydroxylation is 2. The second-order valence-electron chi connectivity index (χ2n) is 6.99. The summed E-state index contributed by atoms with van der Waals surface area (Å²) in [5, 5.41) is 13.8. The number of sulfonamides is 1. The fraction of sp³-hybridized carbons (Fsp3) is 0.150. The topological polar surface area (TPSA) is 119 Å². The molecular formula is C20H21N7O2S. The minimum atomic E-state index is -3.82. The number of rotatable bonds is 5. The largest absolute Gasteiger partial charge is 0.329 e. The Labute approximate surface area is 174 Å². The first kappa shape index (κ1) is 19.8. The molecule has 9 nitrogen and oxygen atoms in total. The number of hydrogen-bond acceptors (Lipinski definition) is 7. The van der Waals surface area contributed by atoms with Gasteiger partial charge in [0.05, 0.1) is 10.4 Å². The van der Waals surface area contributed by atoms with Crippen LogP contribution in [0.15, 0.2) is 59.8 Å². The average molecular weight is 424 g/mol. The Hall–Kier alpha value is -3.50. The molecule has 10 heteroatoms. The van der Waals surface area contributed by atoms with Crippen LogP contribution in [0.2, 0.25) is 0 Å². The SMILES string of the molecule is Cc1ccc(Nc2nccc(N(C)c3ccc4cn(C)nc4c3)n2)cc1S(N)(=O)=O. The Bertz CT molecular complexity index is 1350. The number of benzene rings is 2. The van der Waals surface area contributed by atoms with Crippen molar-refractivity contribution in [3.05, 3.63) is 60.4 Å². The highest BCUT2D eigenvalue weighted by molar-refractivity contribution is 7.89. The number of aromatic nitrogens is 4. The van der Waals surface area contributed by atoms with Gasteiger partial charge in [0.2, 0.25) is 16.0 Å². The number of primary sulfonamides is 1. The van der Waals surface area contributed by atoms with E-state index < -0.39 is 10.0 Å². The van der Waals surface area contributed by atoms with Crippen molar-refractivity contribution in [1.82, 2.24) is 19.7 Å². The molecule has 0 aliphatic heterocycles. The molecule has 0 aliphatic carbocycles. The van der Waals surface area contributed by atoms with Crippen molar-refractivity contribution in [1.29, 1.82) is 0 Å². The first-order valence-corrected chi connectivity index (χ1v) is 10.7. The molecule has 2 heterocycles. The summed E-state index contributed by atoms with van der Waals surface area (Å²) in [6.45, 7) is 1.69. The van der Waals surface area contributed by atoms with Crippen molar-refractivity contribution >= 4 is 44.1 Å². The first-order chi connectivity index (χ1) is 14.2. The van der Waals surface area contributed by atoms with E-state index >= 15 is 0 Å². The van der Waals surface area contributed by atoms with Gasteiger partial charge in [-0.2, -0.15) is 10.1 Å². The van der Waals surface area contributed by atoms with Crippen molar-refractivity contribution in [2.45, 2.75) is 11.8 Å². The van der Waals surface area contributed by atoms with E-state index in [4.69, 9.17) is 5.14 Å². The van der Waals surface area contributed by atoms with E-state index in [-0.39, 0.29) is 4.90 Å². The monoisotopic (exact) mass is 423 g/mol. The molecule has 0 aliphatic rings. The van der Waals surface area contributed by atoms with E-state index in [9.17, 15) is 8.42 Å². The molecule has 0 bridgehead atoms. The second kappa shape index (κ2) is 7.39. The fourth-order valence-electron chi connectivity index (χ4n) is 3.18. The molecule has 3 N–H and O–H groups in total. The summed E-state index contributed by atoms with van der Waals surface area (Å²) in [7, 11) is -0.0278. The quantitative estimate of drug-likeness (QED) is 0.506. The zero-order valence-corrected chi connectivity index (χ0v) is 17.6. The summed E-state index contributed by atoms with van der Waals surface area (Å²) >= 11 is 0. The summed E-state index contributed by atoms with van der Waals surface area (Å²) < 4.78 is 25.3. The molecule has 30 heavy (non-hydrogen) atoms. The highest BCUT2D eigenvalue weighted by atomic mass is 32.2. The van der Waals surface area contributed by atoms with Crippen LogP contribution in [0.1, 0.15) is 5.56 Å². The summed E-state index contributed by atoms with van der Waals surface area (Å²) in [6.07, 6.45) is 3.60. The molecule has 0 amide bonds. The van der Waals surface area contributed by atoms with E-state index in [0.717, 1.165) is 16.6 Å². The third kappa shape index (κ3) is 3.95. The van der Waals surface area contributed by atoms with Crippen molar-refractivity contribution in [3.63, 3.8) is 0 Å². The van der Waals surface area contributed by atoms with Gasteiger partial charge in [0.25, 0.3) is 0 Å². The smallest absolute Gasteiger partial charge is 0.238 e. The third-order valence-corrected chi connectivity index (χ3v) is 5.78. The fourth-order valence-corrected chi connectivity index (χ4v) is 3.99. The Morgan fingerprint density at radius 3 is 2.70 bits per heavy atom. The van der Waals surface area contributed by atoms with Gasteiger partial charge in [0.15, 0.2) is 0 Å². The molecule has 154 valence electrons. The van der Waals surface area contributed by atoms with E-state index in [2.05, 4.69) is 20.4 Å². The highest BCUT2D eigenvalue weighted by Crippen LogP contribution is 2.27. The molecule has 0 radical (unpaired) electrons. The molecule has 0 saturated carbocycles. The van der Waals surface area contributed by atoms with Gasteiger partial charge in [0, 0.05) is 43.3 Å². The second-order valence-corrected chi connectivity index (χ2v) is 8.52. The average Bonchev–Trinajstić information content (AvgIpc) is 3.07. The Morgan fingerprint density at radius 1 is 1.13 bits per heavy atom. The van der Waals surface area contributed by atoms with Crippen molar-refractivity contribution in [2.75, 3.05) is 17.3 Å². The number of fused-ring (bicyclic) bond motifs is 1. The van der Waals surface area contributed by atoms with Gasteiger partial charge in [-0.15, -0.1) is 0 Å². The summed E-state index contributed by atoms with van der Waals surface area (Å²) in [5.74, 6) is 1.00. The van der Waals surface area contributed by atoms with Crippen LogP contribution >= 0.6 is 0 Å². The zero-order valence-electron chi connectivity index (χ0n) is 16.7. The minimum absolute atomic E-state index is 0.0597. The number of hydrogen-bond donors (Lipinski definition) is 2. The van der Waals surface area contributed by atoms with E-state index in [1.165, 1.54) is 6.07 Å². The van der Waals surface area contributed by atoms with Gasteiger partial charge >= 0.3 is 0 Å². The van der Waals surface area contributed by atoms with Crippen LogP contribution in [-0.2, 0) is 17.1 Å². The molecule has 0 unspecified atom stereocenters. The molecule has 4 aromatic rings. The van der Waals surface area contributed by atoms with Crippen LogP contribution in [0.3, 0.4) is 0 Å². The summed E-state index contributed by atoms with van der Waals surface area (Å²) in [4.78, 5) is 10.8. The first-order valence-electron chi connectivity index (χ1n) is 9.11. The standard InChI is InChI=1S/C20H21N7O2S/c1-13-4-6-15(10-18(13)30(21,28)29)23-20-22-9-8-19(24-20)27(3)16-7-5-14-12-26(2)25-17(14)11-16/h4-12H,1-3H3,(H2,21,28,29)(H,22,23,24). The predicted molar refractivity (Wildman–Crippen MR) is 117 cm³/mol. The molecular weight excluding hydrogens is 402 g/mol. The minimum Gasteiger partial charge on any atom is -0.329 e. The zero-order chi connectivity index (χ0) is 21.5. The van der Waals surface area contributed by atoms with Crippen LogP contribution in [-0.4, -0.2) is 35.2 Å². The van der Waals surface area contributed by atoms with Crippen molar-refractivity contribution < 1.29 is 8.42 Å². The lowest BCUT2D eigenvalue weighted by Crippen LogP contribution is -2.14. The maximum Gasteiger partial charge on any atom is 0.238 e. The number of anilines is 4. The number of nitrogens with zero attached hydrogens (tertiary/aromatic N) is 5. The van der Waals surface area contributed by atoms with Crippen molar-refractivity contribution in [2.24, 2.45) is 12.2 Å². The molecule has 0 fully saturated rings. The third-order valence-electron chi connectivity index (χ3n) is 4.73. The lowest BCUT2D eigenvalue weighted by atomic mass is 10.2. The number of nitrogens with one attached hydrogen (secondary N) is 1. The predicted octanol–water partition coefficient (Wildman–Crippen LogP) is 2.83. The lowest BCUT2D eigenvalue weighted by molar-refractivity contribution is 0.597. The maximum atomic E-state index is 11.8.